The van der Waals surface area contributed by atoms with Crippen molar-refractivity contribution in [3.05, 3.63) is 82.9 Å². The highest BCUT2D eigenvalue weighted by Crippen LogP contribution is 2.11. The lowest BCUT2D eigenvalue weighted by atomic mass is 10.2. The Labute approximate surface area is 163 Å². The van der Waals surface area contributed by atoms with Gasteiger partial charge in [-0.1, -0.05) is 23.7 Å². The number of anilines is 1. The van der Waals surface area contributed by atoms with Gasteiger partial charge in [0.1, 0.15) is 0 Å². The van der Waals surface area contributed by atoms with Crippen LogP contribution in [0.25, 0.3) is 0 Å². The summed E-state index contributed by atoms with van der Waals surface area (Å²) in [5.74, 6) is 0.370. The first-order valence-electron chi connectivity index (χ1n) is 8.56. The predicted octanol–water partition coefficient (Wildman–Crippen LogP) is 3.45. The minimum absolute atomic E-state index is 0.103. The molecular weight excluding hydrogens is 362 g/mol. The molecule has 0 fully saturated rings. The number of benzene rings is 1. The highest BCUT2D eigenvalue weighted by atomic mass is 35.5. The van der Waals surface area contributed by atoms with Crippen molar-refractivity contribution >= 4 is 23.5 Å². The molecule has 27 heavy (non-hydrogen) atoms. The van der Waals surface area contributed by atoms with Gasteiger partial charge in [0.05, 0.1) is 5.56 Å². The number of nitrogens with zero attached hydrogens (tertiary/aromatic N) is 4. The molecule has 0 bridgehead atoms. The average Bonchev–Trinajstić information content (AvgIpc) is 2.72. The minimum Gasteiger partial charge on any atom is -0.350 e. The number of pyridine rings is 1. The van der Waals surface area contributed by atoms with E-state index in [0.717, 1.165) is 17.5 Å². The van der Waals surface area contributed by atoms with Crippen LogP contribution < -0.4 is 5.32 Å². The molecule has 0 radical (unpaired) electrons. The zero-order valence-corrected chi connectivity index (χ0v) is 15.7. The van der Waals surface area contributed by atoms with Gasteiger partial charge in [-0.15, -0.1) is 0 Å². The number of nitrogens with one attached hydrogen (secondary N) is 1. The zero-order valence-electron chi connectivity index (χ0n) is 15.0. The maximum Gasteiger partial charge on any atom is 0.256 e. The summed E-state index contributed by atoms with van der Waals surface area (Å²) in [6.07, 6.45) is 7.36. The molecule has 0 aliphatic rings. The van der Waals surface area contributed by atoms with Gasteiger partial charge in [0.15, 0.2) is 0 Å². The van der Waals surface area contributed by atoms with Crippen LogP contribution in [0.5, 0.6) is 0 Å². The second-order valence-corrected chi connectivity index (χ2v) is 6.54. The largest absolute Gasteiger partial charge is 0.350 e. The zero-order chi connectivity index (χ0) is 19.1. The molecule has 0 aliphatic carbocycles. The van der Waals surface area contributed by atoms with Crippen LogP contribution in [0.15, 0.2) is 61.2 Å². The monoisotopic (exact) mass is 381 g/mol. The van der Waals surface area contributed by atoms with Gasteiger partial charge in [0, 0.05) is 49.9 Å². The van der Waals surface area contributed by atoms with Crippen molar-refractivity contribution in [3.63, 3.8) is 0 Å². The van der Waals surface area contributed by atoms with Crippen molar-refractivity contribution in [2.45, 2.75) is 13.0 Å². The summed E-state index contributed by atoms with van der Waals surface area (Å²) in [6, 6.07) is 11.4. The van der Waals surface area contributed by atoms with Crippen molar-refractivity contribution in [2.75, 3.05) is 18.9 Å². The number of halogens is 1. The molecule has 6 nitrogen and oxygen atoms in total. The Balaban J connectivity index is 1.52. The predicted molar refractivity (Wildman–Crippen MR) is 106 cm³/mol. The molecule has 138 valence electrons. The Hall–Kier alpha value is -2.99. The van der Waals surface area contributed by atoms with Crippen LogP contribution in [0.1, 0.15) is 21.5 Å². The number of hydrogen-bond acceptors (Lipinski definition) is 5. The lowest BCUT2D eigenvalue weighted by molar-refractivity contribution is 0.0796. The molecule has 0 saturated heterocycles. The number of aromatic nitrogens is 3. The molecule has 1 aromatic carbocycles. The van der Waals surface area contributed by atoms with Crippen LogP contribution in [0.2, 0.25) is 5.02 Å². The summed E-state index contributed by atoms with van der Waals surface area (Å²) in [4.78, 5) is 26.6. The minimum atomic E-state index is -0.103. The third-order valence-electron chi connectivity index (χ3n) is 4.09. The van der Waals surface area contributed by atoms with Crippen LogP contribution in [-0.2, 0) is 13.0 Å². The summed E-state index contributed by atoms with van der Waals surface area (Å²) in [6.45, 7) is 1.19. The van der Waals surface area contributed by atoms with Crippen LogP contribution >= 0.6 is 11.6 Å². The molecule has 0 unspecified atom stereocenters. The Kier molecular flexibility index (Phi) is 6.33. The van der Waals surface area contributed by atoms with Gasteiger partial charge < -0.3 is 10.2 Å². The molecule has 0 atom stereocenters. The van der Waals surface area contributed by atoms with E-state index >= 15 is 0 Å². The highest BCUT2D eigenvalue weighted by molar-refractivity contribution is 6.30. The molecule has 2 heterocycles. The highest BCUT2D eigenvalue weighted by Gasteiger charge is 2.12. The van der Waals surface area contributed by atoms with Gasteiger partial charge in [-0.3, -0.25) is 9.78 Å². The number of amides is 1. The Morgan fingerprint density at radius 3 is 2.37 bits per heavy atom. The van der Waals surface area contributed by atoms with Crippen LogP contribution in [0, 0.1) is 0 Å². The molecule has 2 aromatic heterocycles. The molecule has 1 amide bonds. The molecule has 0 aliphatic heterocycles. The molecule has 3 aromatic rings. The van der Waals surface area contributed by atoms with Gasteiger partial charge >= 0.3 is 0 Å². The lowest BCUT2D eigenvalue weighted by Crippen LogP contribution is -2.29. The Morgan fingerprint density at radius 2 is 1.70 bits per heavy atom. The van der Waals surface area contributed by atoms with Gasteiger partial charge in [0.25, 0.3) is 5.91 Å². The van der Waals surface area contributed by atoms with E-state index < -0.39 is 0 Å². The summed E-state index contributed by atoms with van der Waals surface area (Å²) in [5, 5.41) is 3.83. The Morgan fingerprint density at radius 1 is 1.04 bits per heavy atom. The smallest absolute Gasteiger partial charge is 0.256 e. The number of carbonyl (C=O) groups is 1. The maximum atomic E-state index is 12.5. The fraction of sp³-hybridized carbons (Fsp3) is 0.200. The maximum absolute atomic E-state index is 12.5. The third-order valence-corrected chi connectivity index (χ3v) is 4.35. The van der Waals surface area contributed by atoms with E-state index in [2.05, 4.69) is 20.3 Å². The van der Waals surface area contributed by atoms with E-state index in [0.29, 0.717) is 29.6 Å². The van der Waals surface area contributed by atoms with Crippen LogP contribution in [0.4, 0.5) is 5.95 Å². The third kappa shape index (κ3) is 5.49. The second kappa shape index (κ2) is 9.09. The van der Waals surface area contributed by atoms with Crippen molar-refractivity contribution in [1.29, 1.82) is 0 Å². The summed E-state index contributed by atoms with van der Waals surface area (Å²) >= 11 is 5.87. The first kappa shape index (κ1) is 18.8. The first-order chi connectivity index (χ1) is 13.1. The van der Waals surface area contributed by atoms with Gasteiger partial charge in [-0.25, -0.2) is 9.97 Å². The molecule has 1 N–H and O–H groups in total. The first-order valence-corrected chi connectivity index (χ1v) is 8.94. The second-order valence-electron chi connectivity index (χ2n) is 6.11. The van der Waals surface area contributed by atoms with E-state index in [1.807, 2.05) is 36.4 Å². The van der Waals surface area contributed by atoms with E-state index in [-0.39, 0.29) is 5.91 Å². The van der Waals surface area contributed by atoms with Crippen LogP contribution in [-0.4, -0.2) is 39.4 Å². The number of rotatable bonds is 7. The summed E-state index contributed by atoms with van der Waals surface area (Å²) in [7, 11) is 1.77. The van der Waals surface area contributed by atoms with E-state index in [1.54, 1.807) is 36.7 Å². The van der Waals surface area contributed by atoms with Gasteiger partial charge in [0.2, 0.25) is 5.95 Å². The molecule has 0 spiro atoms. The summed E-state index contributed by atoms with van der Waals surface area (Å²) in [5.41, 5.74) is 2.67. The Bertz CT molecular complexity index is 869. The standard InChI is InChI=1S/C20H20ClN5O/c1-26(11-8-15-6-9-22-10-7-15)19(27)17-13-24-20(25-14-17)23-12-16-2-4-18(21)5-3-16/h2-7,9-10,13-14H,8,11-12H2,1H3,(H,23,24,25). The van der Waals surface area contributed by atoms with Crippen molar-refractivity contribution < 1.29 is 4.79 Å². The quantitative estimate of drug-likeness (QED) is 0.678. The molecule has 7 heteroatoms. The number of likely N-dealkylation sites (N-methyl/N-ethyl adjacent to an activating group) is 1. The van der Waals surface area contributed by atoms with E-state index in [1.165, 1.54) is 0 Å². The molecule has 3 rings (SSSR count). The lowest BCUT2D eigenvalue weighted by Gasteiger charge is -2.17. The van der Waals surface area contributed by atoms with Crippen molar-refractivity contribution in [2.24, 2.45) is 0 Å². The van der Waals surface area contributed by atoms with E-state index in [9.17, 15) is 4.79 Å². The summed E-state index contributed by atoms with van der Waals surface area (Å²) < 4.78 is 0. The fourth-order valence-electron chi connectivity index (χ4n) is 2.48. The van der Waals surface area contributed by atoms with Gasteiger partial charge in [-0.05, 0) is 41.8 Å². The van der Waals surface area contributed by atoms with Crippen molar-refractivity contribution in [3.8, 4) is 0 Å². The average molecular weight is 382 g/mol. The van der Waals surface area contributed by atoms with Crippen molar-refractivity contribution in [1.82, 2.24) is 19.9 Å². The normalized spacial score (nSPS) is 10.4. The fourth-order valence-corrected chi connectivity index (χ4v) is 2.61. The number of hydrogen-bond donors (Lipinski definition) is 1. The van der Waals surface area contributed by atoms with Gasteiger partial charge in [-0.2, -0.15) is 0 Å². The molecular formula is C20H20ClN5O. The van der Waals surface area contributed by atoms with Crippen LogP contribution in [0.3, 0.4) is 0 Å². The SMILES string of the molecule is CN(CCc1ccncc1)C(=O)c1cnc(NCc2ccc(Cl)cc2)nc1. The number of carbonyl (C=O) groups excluding carboxylic acids is 1. The van der Waals surface area contributed by atoms with E-state index in [4.69, 9.17) is 11.6 Å². The molecule has 0 saturated carbocycles. The topological polar surface area (TPSA) is 71.0 Å².